The van der Waals surface area contributed by atoms with Crippen molar-refractivity contribution >= 4 is 0 Å². The summed E-state index contributed by atoms with van der Waals surface area (Å²) in [6.07, 6.45) is 2.11. The minimum Gasteiger partial charge on any atom is -0.494 e. The number of rotatable bonds is 6. The molecular weight excluding hydrogens is 188 g/mol. The molecule has 1 rings (SSSR count). The average molecular weight is 208 g/mol. The van der Waals surface area contributed by atoms with E-state index in [0.29, 0.717) is 6.61 Å². The number of benzene rings is 1. The van der Waals surface area contributed by atoms with Crippen LogP contribution in [0, 0.1) is 0 Å². The number of hydrogen-bond donors (Lipinski definition) is 2. The molecule has 0 amide bonds. The van der Waals surface area contributed by atoms with E-state index in [1.54, 1.807) is 0 Å². The fourth-order valence-electron chi connectivity index (χ4n) is 1.67. The van der Waals surface area contributed by atoms with Gasteiger partial charge in [0.15, 0.2) is 0 Å². The third-order valence-electron chi connectivity index (χ3n) is 2.37. The van der Waals surface area contributed by atoms with Gasteiger partial charge < -0.3 is 4.74 Å². The van der Waals surface area contributed by atoms with Gasteiger partial charge in [0, 0.05) is 11.6 Å². The normalized spacial score (nSPS) is 12.5. The van der Waals surface area contributed by atoms with Gasteiger partial charge >= 0.3 is 0 Å². The first-order chi connectivity index (χ1) is 7.33. The molecule has 3 heteroatoms. The second-order valence-corrected chi connectivity index (χ2v) is 3.48. The fourth-order valence-corrected chi connectivity index (χ4v) is 1.67. The Morgan fingerprint density at radius 2 is 2.07 bits per heavy atom. The van der Waals surface area contributed by atoms with Gasteiger partial charge in [-0.25, -0.2) is 0 Å². The lowest BCUT2D eigenvalue weighted by molar-refractivity contribution is 0.330. The van der Waals surface area contributed by atoms with Crippen LogP contribution in [-0.2, 0) is 0 Å². The van der Waals surface area contributed by atoms with E-state index < -0.39 is 0 Å². The first-order valence-electron chi connectivity index (χ1n) is 5.51. The van der Waals surface area contributed by atoms with Gasteiger partial charge in [-0.2, -0.15) is 0 Å². The maximum absolute atomic E-state index is 5.57. The molecule has 0 aliphatic heterocycles. The predicted molar refractivity (Wildman–Crippen MR) is 62.6 cm³/mol. The van der Waals surface area contributed by atoms with Crippen molar-refractivity contribution in [3.05, 3.63) is 29.8 Å². The number of hydrazine groups is 1. The van der Waals surface area contributed by atoms with Crippen LogP contribution in [0.1, 0.15) is 38.3 Å². The molecule has 0 saturated heterocycles. The van der Waals surface area contributed by atoms with Gasteiger partial charge in [0.05, 0.1) is 6.61 Å². The molecule has 1 aromatic rings. The van der Waals surface area contributed by atoms with Crippen LogP contribution in [0.3, 0.4) is 0 Å². The van der Waals surface area contributed by atoms with Crippen LogP contribution in [0.4, 0.5) is 0 Å². The Kier molecular flexibility index (Phi) is 5.15. The smallest absolute Gasteiger partial charge is 0.124 e. The molecule has 0 aliphatic rings. The van der Waals surface area contributed by atoms with Crippen LogP contribution >= 0.6 is 0 Å². The Balaban J connectivity index is 2.88. The van der Waals surface area contributed by atoms with E-state index in [1.165, 1.54) is 0 Å². The average Bonchev–Trinajstić information content (AvgIpc) is 2.27. The predicted octanol–water partition coefficient (Wildman–Crippen LogP) is 2.39. The summed E-state index contributed by atoms with van der Waals surface area (Å²) >= 11 is 0. The zero-order valence-electron chi connectivity index (χ0n) is 9.49. The molecule has 0 bridgehead atoms. The van der Waals surface area contributed by atoms with Gasteiger partial charge in [-0.1, -0.05) is 31.5 Å². The monoisotopic (exact) mass is 208 g/mol. The Morgan fingerprint density at radius 1 is 1.33 bits per heavy atom. The van der Waals surface area contributed by atoms with Gasteiger partial charge in [0.1, 0.15) is 5.75 Å². The highest BCUT2D eigenvalue weighted by Gasteiger charge is 2.12. The van der Waals surface area contributed by atoms with Crippen LogP contribution in [0.5, 0.6) is 5.75 Å². The highest BCUT2D eigenvalue weighted by molar-refractivity contribution is 5.35. The van der Waals surface area contributed by atoms with E-state index >= 15 is 0 Å². The van der Waals surface area contributed by atoms with Crippen molar-refractivity contribution in [2.75, 3.05) is 6.61 Å². The van der Waals surface area contributed by atoms with E-state index in [9.17, 15) is 0 Å². The summed E-state index contributed by atoms with van der Waals surface area (Å²) in [5.41, 5.74) is 3.98. The third-order valence-corrected chi connectivity index (χ3v) is 2.37. The zero-order valence-corrected chi connectivity index (χ0v) is 9.49. The van der Waals surface area contributed by atoms with Crippen LogP contribution in [0.2, 0.25) is 0 Å². The van der Waals surface area contributed by atoms with Gasteiger partial charge in [0.25, 0.3) is 0 Å². The molecule has 0 aromatic heterocycles. The van der Waals surface area contributed by atoms with E-state index in [1.807, 2.05) is 25.1 Å². The SMILES string of the molecule is CCCC(NN)c1ccccc1OCC. The summed E-state index contributed by atoms with van der Waals surface area (Å²) in [6.45, 7) is 4.82. The molecule has 0 saturated carbocycles. The lowest BCUT2D eigenvalue weighted by Gasteiger charge is -2.18. The van der Waals surface area contributed by atoms with Gasteiger partial charge in [-0.3, -0.25) is 11.3 Å². The molecular formula is C12H20N2O. The van der Waals surface area contributed by atoms with E-state index in [-0.39, 0.29) is 6.04 Å². The van der Waals surface area contributed by atoms with Crippen LogP contribution in [0.25, 0.3) is 0 Å². The second kappa shape index (κ2) is 6.43. The number of nitrogens with two attached hydrogens (primary N) is 1. The van der Waals surface area contributed by atoms with Crippen LogP contribution < -0.4 is 16.0 Å². The first kappa shape index (κ1) is 12.0. The number of para-hydroxylation sites is 1. The molecule has 1 unspecified atom stereocenters. The fraction of sp³-hybridized carbons (Fsp3) is 0.500. The molecule has 84 valence electrons. The summed E-state index contributed by atoms with van der Waals surface area (Å²) in [7, 11) is 0. The summed E-state index contributed by atoms with van der Waals surface area (Å²) in [5, 5.41) is 0. The van der Waals surface area contributed by atoms with Crippen molar-refractivity contribution < 1.29 is 4.74 Å². The number of hydrogen-bond acceptors (Lipinski definition) is 3. The van der Waals surface area contributed by atoms with E-state index in [0.717, 1.165) is 24.2 Å². The minimum absolute atomic E-state index is 0.178. The summed E-state index contributed by atoms with van der Waals surface area (Å²) in [5.74, 6) is 6.48. The third kappa shape index (κ3) is 3.22. The van der Waals surface area contributed by atoms with Crippen molar-refractivity contribution in [3.8, 4) is 5.75 Å². The topological polar surface area (TPSA) is 47.3 Å². The van der Waals surface area contributed by atoms with Crippen molar-refractivity contribution in [2.45, 2.75) is 32.7 Å². The van der Waals surface area contributed by atoms with Crippen molar-refractivity contribution in [3.63, 3.8) is 0 Å². The minimum atomic E-state index is 0.178. The highest BCUT2D eigenvalue weighted by atomic mass is 16.5. The molecule has 0 radical (unpaired) electrons. The summed E-state index contributed by atoms with van der Waals surface area (Å²) in [6, 6.07) is 8.22. The largest absolute Gasteiger partial charge is 0.494 e. The lowest BCUT2D eigenvalue weighted by atomic mass is 10.0. The maximum atomic E-state index is 5.57. The van der Waals surface area contributed by atoms with Gasteiger partial charge in [0.2, 0.25) is 0 Å². The molecule has 15 heavy (non-hydrogen) atoms. The second-order valence-electron chi connectivity index (χ2n) is 3.48. The molecule has 1 atom stereocenters. The number of nitrogens with one attached hydrogen (secondary N) is 1. The van der Waals surface area contributed by atoms with Crippen LogP contribution in [0.15, 0.2) is 24.3 Å². The zero-order chi connectivity index (χ0) is 11.1. The molecule has 0 aliphatic carbocycles. The molecule has 0 spiro atoms. The van der Waals surface area contributed by atoms with Gasteiger partial charge in [-0.15, -0.1) is 0 Å². The Labute approximate surface area is 91.6 Å². The summed E-state index contributed by atoms with van der Waals surface area (Å²) in [4.78, 5) is 0. The van der Waals surface area contributed by atoms with E-state index in [4.69, 9.17) is 10.6 Å². The molecule has 0 heterocycles. The van der Waals surface area contributed by atoms with Crippen molar-refractivity contribution in [1.29, 1.82) is 0 Å². The Bertz CT molecular complexity index is 289. The summed E-state index contributed by atoms with van der Waals surface area (Å²) < 4.78 is 5.57. The standard InChI is InChI=1S/C12H20N2O/c1-3-7-11(14-13)10-8-5-6-9-12(10)15-4-2/h5-6,8-9,11,14H,3-4,7,13H2,1-2H3. The molecule has 3 N–H and O–H groups in total. The van der Waals surface area contributed by atoms with Gasteiger partial charge in [-0.05, 0) is 19.4 Å². The molecule has 0 fully saturated rings. The highest BCUT2D eigenvalue weighted by Crippen LogP contribution is 2.27. The Morgan fingerprint density at radius 3 is 2.67 bits per heavy atom. The van der Waals surface area contributed by atoms with Crippen LogP contribution in [-0.4, -0.2) is 6.61 Å². The van der Waals surface area contributed by atoms with Crippen molar-refractivity contribution in [1.82, 2.24) is 5.43 Å². The first-order valence-corrected chi connectivity index (χ1v) is 5.51. The Hall–Kier alpha value is -1.06. The van der Waals surface area contributed by atoms with E-state index in [2.05, 4.69) is 18.4 Å². The maximum Gasteiger partial charge on any atom is 0.124 e. The lowest BCUT2D eigenvalue weighted by Crippen LogP contribution is -2.28. The molecule has 3 nitrogen and oxygen atoms in total. The van der Waals surface area contributed by atoms with Crippen molar-refractivity contribution in [2.24, 2.45) is 5.84 Å². The quantitative estimate of drug-likeness (QED) is 0.557. The number of ether oxygens (including phenoxy) is 1. The molecule has 1 aromatic carbocycles.